The molecule has 1 N–H and O–H groups in total. The van der Waals surface area contributed by atoms with Crippen LogP contribution in [0, 0.1) is 0 Å². The van der Waals surface area contributed by atoms with Crippen molar-refractivity contribution in [1.29, 1.82) is 0 Å². The Bertz CT molecular complexity index is 187. The summed E-state index contributed by atoms with van der Waals surface area (Å²) in [4.78, 5) is 12.0. The number of carbonyl (C=O) groups is 1. The Morgan fingerprint density at radius 2 is 2.23 bits per heavy atom. The molecule has 0 aliphatic carbocycles. The maximum atomic E-state index is 12.0. The standard InChI is InChI=1S/C8H13F2NO2/c9-7(10)5-11-4-2-1-3-6(11)8(12)13/h6-7H,1-5H2,(H,12,13). The SMILES string of the molecule is O=C(O)C1CCCCN1CC(F)F. The maximum Gasteiger partial charge on any atom is 0.320 e. The third-order valence-corrected chi connectivity index (χ3v) is 2.27. The molecule has 1 unspecified atom stereocenters. The first-order chi connectivity index (χ1) is 6.11. The van der Waals surface area contributed by atoms with Crippen molar-refractivity contribution in [2.24, 2.45) is 0 Å². The van der Waals surface area contributed by atoms with E-state index >= 15 is 0 Å². The van der Waals surface area contributed by atoms with Crippen LogP contribution in [-0.2, 0) is 4.79 Å². The largest absolute Gasteiger partial charge is 0.480 e. The van der Waals surface area contributed by atoms with E-state index in [1.807, 2.05) is 0 Å². The van der Waals surface area contributed by atoms with Crippen molar-refractivity contribution >= 4 is 5.97 Å². The normalized spacial score (nSPS) is 25.0. The summed E-state index contributed by atoms with van der Waals surface area (Å²) in [5.41, 5.74) is 0. The van der Waals surface area contributed by atoms with Crippen LogP contribution in [0.15, 0.2) is 0 Å². The highest BCUT2D eigenvalue weighted by molar-refractivity contribution is 5.73. The van der Waals surface area contributed by atoms with E-state index in [4.69, 9.17) is 5.11 Å². The van der Waals surface area contributed by atoms with Crippen LogP contribution >= 0.6 is 0 Å². The van der Waals surface area contributed by atoms with Gasteiger partial charge in [-0.05, 0) is 19.4 Å². The van der Waals surface area contributed by atoms with E-state index in [-0.39, 0.29) is 0 Å². The Balaban J connectivity index is 2.51. The lowest BCUT2D eigenvalue weighted by Crippen LogP contribution is -2.46. The second-order valence-electron chi connectivity index (χ2n) is 3.24. The van der Waals surface area contributed by atoms with Gasteiger partial charge in [0, 0.05) is 0 Å². The fraction of sp³-hybridized carbons (Fsp3) is 0.875. The highest BCUT2D eigenvalue weighted by Gasteiger charge is 2.29. The number of alkyl halides is 2. The van der Waals surface area contributed by atoms with Gasteiger partial charge in [0.25, 0.3) is 6.43 Å². The summed E-state index contributed by atoms with van der Waals surface area (Å²) in [7, 11) is 0. The average Bonchev–Trinajstić information content (AvgIpc) is 2.03. The van der Waals surface area contributed by atoms with Crippen LogP contribution in [0.4, 0.5) is 8.78 Å². The number of carboxylic acid groups (broad SMARTS) is 1. The molecular weight excluding hydrogens is 180 g/mol. The fourth-order valence-electron chi connectivity index (χ4n) is 1.67. The van der Waals surface area contributed by atoms with Gasteiger partial charge in [0.2, 0.25) is 0 Å². The molecule has 1 saturated heterocycles. The first kappa shape index (κ1) is 10.4. The topological polar surface area (TPSA) is 40.5 Å². The van der Waals surface area contributed by atoms with Crippen molar-refractivity contribution in [3.05, 3.63) is 0 Å². The predicted molar refractivity (Wildman–Crippen MR) is 42.9 cm³/mol. The minimum absolute atomic E-state index is 0.420. The van der Waals surface area contributed by atoms with Gasteiger partial charge in [-0.1, -0.05) is 6.42 Å². The zero-order chi connectivity index (χ0) is 9.84. The highest BCUT2D eigenvalue weighted by atomic mass is 19.3. The van der Waals surface area contributed by atoms with Gasteiger partial charge in [-0.25, -0.2) is 8.78 Å². The van der Waals surface area contributed by atoms with Crippen molar-refractivity contribution in [1.82, 2.24) is 4.90 Å². The predicted octanol–water partition coefficient (Wildman–Crippen LogP) is 1.19. The van der Waals surface area contributed by atoms with Crippen molar-refractivity contribution in [2.75, 3.05) is 13.1 Å². The lowest BCUT2D eigenvalue weighted by atomic mass is 10.0. The molecule has 0 aromatic heterocycles. The van der Waals surface area contributed by atoms with E-state index in [0.29, 0.717) is 13.0 Å². The van der Waals surface area contributed by atoms with Crippen LogP contribution < -0.4 is 0 Å². The minimum Gasteiger partial charge on any atom is -0.480 e. The zero-order valence-electron chi connectivity index (χ0n) is 7.25. The molecule has 0 bridgehead atoms. The Labute approximate surface area is 75.3 Å². The van der Waals surface area contributed by atoms with E-state index in [1.54, 1.807) is 0 Å². The summed E-state index contributed by atoms with van der Waals surface area (Å²) >= 11 is 0. The molecular formula is C8H13F2NO2. The first-order valence-corrected chi connectivity index (χ1v) is 4.36. The van der Waals surface area contributed by atoms with Crippen molar-refractivity contribution < 1.29 is 18.7 Å². The molecule has 0 aromatic rings. The molecule has 13 heavy (non-hydrogen) atoms. The third kappa shape index (κ3) is 2.91. The van der Waals surface area contributed by atoms with Crippen molar-refractivity contribution in [2.45, 2.75) is 31.7 Å². The molecule has 76 valence electrons. The van der Waals surface area contributed by atoms with Gasteiger partial charge in [0.1, 0.15) is 6.04 Å². The number of piperidine rings is 1. The third-order valence-electron chi connectivity index (χ3n) is 2.27. The van der Waals surface area contributed by atoms with E-state index in [0.717, 1.165) is 12.8 Å². The molecule has 1 aliphatic rings. The van der Waals surface area contributed by atoms with Gasteiger partial charge in [0.15, 0.2) is 0 Å². The summed E-state index contributed by atoms with van der Waals surface area (Å²) in [5, 5.41) is 8.73. The quantitative estimate of drug-likeness (QED) is 0.731. The van der Waals surface area contributed by atoms with E-state index in [2.05, 4.69) is 0 Å². The number of nitrogens with zero attached hydrogens (tertiary/aromatic N) is 1. The molecule has 0 radical (unpaired) electrons. The second-order valence-corrected chi connectivity index (χ2v) is 3.24. The minimum atomic E-state index is -2.44. The molecule has 1 aliphatic heterocycles. The van der Waals surface area contributed by atoms with Crippen LogP contribution in [0.25, 0.3) is 0 Å². The Morgan fingerprint density at radius 1 is 1.54 bits per heavy atom. The molecule has 5 heteroatoms. The van der Waals surface area contributed by atoms with Crippen LogP contribution in [0.2, 0.25) is 0 Å². The summed E-state index contributed by atoms with van der Waals surface area (Å²) in [6.07, 6.45) is -0.324. The smallest absolute Gasteiger partial charge is 0.320 e. The first-order valence-electron chi connectivity index (χ1n) is 4.36. The van der Waals surface area contributed by atoms with Gasteiger partial charge in [0.05, 0.1) is 6.54 Å². The van der Waals surface area contributed by atoms with E-state index in [9.17, 15) is 13.6 Å². The van der Waals surface area contributed by atoms with Crippen molar-refractivity contribution in [3.63, 3.8) is 0 Å². The number of likely N-dealkylation sites (tertiary alicyclic amines) is 1. The Hall–Kier alpha value is -0.710. The van der Waals surface area contributed by atoms with Crippen LogP contribution in [0.5, 0.6) is 0 Å². The molecule has 1 fully saturated rings. The van der Waals surface area contributed by atoms with Crippen molar-refractivity contribution in [3.8, 4) is 0 Å². The fourth-order valence-corrected chi connectivity index (χ4v) is 1.67. The number of hydrogen-bond donors (Lipinski definition) is 1. The van der Waals surface area contributed by atoms with Gasteiger partial charge in [-0.3, -0.25) is 9.69 Å². The highest BCUT2D eigenvalue weighted by Crippen LogP contribution is 2.17. The second kappa shape index (κ2) is 4.50. The molecule has 3 nitrogen and oxygen atoms in total. The molecule has 1 rings (SSSR count). The summed E-state index contributed by atoms with van der Waals surface area (Å²) in [5.74, 6) is -0.986. The number of halogens is 2. The van der Waals surface area contributed by atoms with Gasteiger partial charge in [-0.15, -0.1) is 0 Å². The summed E-state index contributed by atoms with van der Waals surface area (Å²) < 4.78 is 24.0. The van der Waals surface area contributed by atoms with Crippen LogP contribution in [0.1, 0.15) is 19.3 Å². The molecule has 1 atom stereocenters. The summed E-state index contributed by atoms with van der Waals surface area (Å²) in [6, 6.07) is -0.706. The van der Waals surface area contributed by atoms with E-state index < -0.39 is 25.0 Å². The number of carboxylic acids is 1. The van der Waals surface area contributed by atoms with Crippen LogP contribution in [0.3, 0.4) is 0 Å². The summed E-state index contributed by atoms with van der Waals surface area (Å²) in [6.45, 7) is 0.0538. The number of rotatable bonds is 3. The molecule has 0 amide bonds. The van der Waals surface area contributed by atoms with Gasteiger partial charge in [-0.2, -0.15) is 0 Å². The molecule has 0 saturated carbocycles. The molecule has 0 spiro atoms. The van der Waals surface area contributed by atoms with Crippen LogP contribution in [-0.4, -0.2) is 41.5 Å². The maximum absolute atomic E-state index is 12.0. The lowest BCUT2D eigenvalue weighted by molar-refractivity contribution is -0.145. The van der Waals surface area contributed by atoms with E-state index in [1.165, 1.54) is 4.90 Å². The molecule has 0 aromatic carbocycles. The Morgan fingerprint density at radius 3 is 2.77 bits per heavy atom. The lowest BCUT2D eigenvalue weighted by Gasteiger charge is -2.32. The monoisotopic (exact) mass is 193 g/mol. The number of hydrogen-bond acceptors (Lipinski definition) is 2. The zero-order valence-corrected chi connectivity index (χ0v) is 7.25. The Kier molecular flexibility index (Phi) is 3.59. The number of aliphatic carboxylic acids is 1. The van der Waals surface area contributed by atoms with Gasteiger partial charge < -0.3 is 5.11 Å². The van der Waals surface area contributed by atoms with Gasteiger partial charge >= 0.3 is 5.97 Å². The average molecular weight is 193 g/mol. The molecule has 1 heterocycles.